The first kappa shape index (κ1) is 27.3. The van der Waals surface area contributed by atoms with Gasteiger partial charge in [0, 0.05) is 17.7 Å². The molecule has 206 valence electrons. The molecular formula is C26H25F3N4O4S2. The number of nitrogens with one attached hydrogen (secondary N) is 1. The fourth-order valence-corrected chi connectivity index (χ4v) is 6.43. The highest BCUT2D eigenvalue weighted by Crippen LogP contribution is 2.35. The zero-order valence-electron chi connectivity index (χ0n) is 21.0. The Morgan fingerprint density at radius 1 is 1.13 bits per heavy atom. The van der Waals surface area contributed by atoms with Gasteiger partial charge in [-0.05, 0) is 48.8 Å². The van der Waals surface area contributed by atoms with Gasteiger partial charge in [-0.1, -0.05) is 41.1 Å². The molecule has 39 heavy (non-hydrogen) atoms. The van der Waals surface area contributed by atoms with Crippen LogP contribution in [0.15, 0.2) is 65.2 Å². The van der Waals surface area contributed by atoms with E-state index in [1.807, 2.05) is 44.2 Å². The van der Waals surface area contributed by atoms with Crippen molar-refractivity contribution in [3.05, 3.63) is 83.2 Å². The van der Waals surface area contributed by atoms with Crippen LogP contribution in [0.4, 0.5) is 13.2 Å². The third-order valence-electron chi connectivity index (χ3n) is 6.08. The average Bonchev–Trinajstić information content (AvgIpc) is 3.42. The molecule has 1 unspecified atom stereocenters. The Morgan fingerprint density at radius 3 is 2.49 bits per heavy atom. The second-order valence-electron chi connectivity index (χ2n) is 9.51. The lowest BCUT2D eigenvalue weighted by atomic mass is 9.88. The lowest BCUT2D eigenvalue weighted by Crippen LogP contribution is -2.60. The molecule has 2 aromatic carbocycles. The van der Waals surface area contributed by atoms with Gasteiger partial charge >= 0.3 is 6.18 Å². The fourth-order valence-electron chi connectivity index (χ4n) is 4.22. The van der Waals surface area contributed by atoms with Crippen LogP contribution < -0.4 is 9.46 Å². The molecule has 1 saturated heterocycles. The van der Waals surface area contributed by atoms with Crippen molar-refractivity contribution >= 4 is 19.9 Å². The SMILES string of the molecule is Cc1ccc(Oc2cc(-c3cccc(C4(NS(=O)(=S)CC(F)(F)F)COC4)c3)nn2Cc2cc(C)no2)cc1. The highest BCUT2D eigenvalue weighted by Gasteiger charge is 2.45. The van der Waals surface area contributed by atoms with Crippen molar-refractivity contribution < 1.29 is 31.4 Å². The summed E-state index contributed by atoms with van der Waals surface area (Å²) in [6, 6.07) is 18.2. The van der Waals surface area contributed by atoms with Gasteiger partial charge in [-0.25, -0.2) is 13.6 Å². The van der Waals surface area contributed by atoms with Gasteiger partial charge in [-0.15, -0.1) is 0 Å². The molecule has 2 aromatic heterocycles. The molecule has 8 nitrogen and oxygen atoms in total. The smallest absolute Gasteiger partial charge is 0.401 e. The van der Waals surface area contributed by atoms with Gasteiger partial charge in [0.25, 0.3) is 0 Å². The fraction of sp³-hybridized carbons (Fsp3) is 0.308. The van der Waals surface area contributed by atoms with Crippen LogP contribution in [0.2, 0.25) is 0 Å². The van der Waals surface area contributed by atoms with E-state index in [9.17, 15) is 17.4 Å². The number of hydrogen-bond donors (Lipinski definition) is 1. The normalized spacial score (nSPS) is 16.4. The van der Waals surface area contributed by atoms with E-state index in [0.717, 1.165) is 11.3 Å². The van der Waals surface area contributed by atoms with Crippen molar-refractivity contribution in [3.63, 3.8) is 0 Å². The summed E-state index contributed by atoms with van der Waals surface area (Å²) in [5.41, 5.74) is 2.53. The lowest BCUT2D eigenvalue weighted by Gasteiger charge is -2.43. The summed E-state index contributed by atoms with van der Waals surface area (Å²) in [5.74, 6) is 0.0498. The van der Waals surface area contributed by atoms with Gasteiger partial charge in [-0.2, -0.15) is 18.3 Å². The molecule has 0 bridgehead atoms. The molecule has 3 heterocycles. The number of aryl methyl sites for hydroxylation is 2. The van der Waals surface area contributed by atoms with E-state index in [2.05, 4.69) is 9.88 Å². The number of benzene rings is 2. The van der Waals surface area contributed by atoms with Crippen LogP contribution >= 0.6 is 0 Å². The topological polar surface area (TPSA) is 91.4 Å². The summed E-state index contributed by atoms with van der Waals surface area (Å²) in [6.07, 6.45) is -4.66. The highest BCUT2D eigenvalue weighted by molar-refractivity contribution is 8.31. The molecular weight excluding hydrogens is 553 g/mol. The maximum atomic E-state index is 13.0. The summed E-state index contributed by atoms with van der Waals surface area (Å²) in [7, 11) is -3.83. The van der Waals surface area contributed by atoms with Gasteiger partial charge in [0.2, 0.25) is 5.88 Å². The standard InChI is InChI=1S/C26H25F3N4O4S2/c1-17-6-8-21(9-7-17)36-24-12-23(30-33(24)13-22-10-18(2)31-37-22)19-4-3-5-20(11-19)25(14-35-15-25)32-39(34,38)16-26(27,28)29/h3-12,32H,13-16H2,1-2H3. The van der Waals surface area contributed by atoms with E-state index < -0.39 is 26.1 Å². The number of hydrogen-bond acceptors (Lipinski definition) is 7. The van der Waals surface area contributed by atoms with Gasteiger partial charge in [-0.3, -0.25) is 0 Å². The zero-order chi connectivity index (χ0) is 27.8. The Morgan fingerprint density at radius 2 is 1.87 bits per heavy atom. The van der Waals surface area contributed by atoms with Crippen LogP contribution in [0.3, 0.4) is 0 Å². The molecule has 1 aliphatic rings. The van der Waals surface area contributed by atoms with Crippen LogP contribution in [-0.4, -0.2) is 44.3 Å². The number of aromatic nitrogens is 3. The quantitative estimate of drug-likeness (QED) is 0.298. The second kappa shape index (κ2) is 10.4. The molecule has 1 fully saturated rings. The highest BCUT2D eigenvalue weighted by atomic mass is 32.8. The van der Waals surface area contributed by atoms with E-state index in [4.69, 9.17) is 30.3 Å². The van der Waals surface area contributed by atoms with Crippen LogP contribution in [0.5, 0.6) is 11.6 Å². The molecule has 13 heteroatoms. The summed E-state index contributed by atoms with van der Waals surface area (Å²) >= 11 is 4.82. The summed E-state index contributed by atoms with van der Waals surface area (Å²) in [4.78, 5) is 0. The molecule has 5 rings (SSSR count). The lowest BCUT2D eigenvalue weighted by molar-refractivity contribution is -0.106. The van der Waals surface area contributed by atoms with Crippen molar-refractivity contribution in [2.24, 2.45) is 0 Å². The predicted molar refractivity (Wildman–Crippen MR) is 141 cm³/mol. The number of rotatable bonds is 9. The minimum absolute atomic E-state index is 0.0308. The van der Waals surface area contributed by atoms with E-state index in [-0.39, 0.29) is 19.8 Å². The van der Waals surface area contributed by atoms with Crippen molar-refractivity contribution in [2.75, 3.05) is 19.0 Å². The Balaban J connectivity index is 1.47. The molecule has 1 N–H and O–H groups in total. The Bertz CT molecular complexity index is 1580. The van der Waals surface area contributed by atoms with E-state index in [0.29, 0.717) is 34.2 Å². The van der Waals surface area contributed by atoms with Crippen LogP contribution in [0.25, 0.3) is 11.3 Å². The molecule has 0 amide bonds. The Labute approximate surface area is 227 Å². The van der Waals surface area contributed by atoms with Crippen molar-refractivity contribution in [1.82, 2.24) is 19.7 Å². The summed E-state index contributed by atoms with van der Waals surface area (Å²) in [6.45, 7) is 4.12. The van der Waals surface area contributed by atoms with E-state index in [1.54, 1.807) is 35.0 Å². The van der Waals surface area contributed by atoms with Gasteiger partial charge in [0.15, 0.2) is 5.76 Å². The first-order valence-electron chi connectivity index (χ1n) is 11.9. The molecule has 1 aliphatic heterocycles. The minimum Gasteiger partial charge on any atom is -0.439 e. The number of alkyl halides is 3. The molecule has 1 atom stereocenters. The van der Waals surface area contributed by atoms with Crippen molar-refractivity contribution in [1.29, 1.82) is 0 Å². The Hall–Kier alpha value is -3.26. The van der Waals surface area contributed by atoms with Crippen LogP contribution in [0, 0.1) is 13.8 Å². The largest absolute Gasteiger partial charge is 0.439 e. The van der Waals surface area contributed by atoms with Gasteiger partial charge in [0.1, 0.15) is 23.6 Å². The average molecular weight is 579 g/mol. The molecule has 0 saturated carbocycles. The number of ether oxygens (including phenoxy) is 2. The third-order valence-corrected chi connectivity index (χ3v) is 8.09. The summed E-state index contributed by atoms with van der Waals surface area (Å²) in [5, 5.41) is 8.64. The second-order valence-corrected chi connectivity index (χ2v) is 12.8. The first-order chi connectivity index (χ1) is 18.4. The predicted octanol–water partition coefficient (Wildman–Crippen LogP) is 5.03. The van der Waals surface area contributed by atoms with Gasteiger partial charge in [0.05, 0.1) is 33.3 Å². The molecule has 0 spiro atoms. The minimum atomic E-state index is -4.66. The maximum absolute atomic E-state index is 13.0. The van der Waals surface area contributed by atoms with Crippen molar-refractivity contribution in [3.8, 4) is 22.9 Å². The van der Waals surface area contributed by atoms with E-state index in [1.165, 1.54) is 0 Å². The molecule has 4 aromatic rings. The van der Waals surface area contributed by atoms with Crippen molar-refractivity contribution in [2.45, 2.75) is 32.1 Å². The number of halogens is 3. The Kier molecular flexibility index (Phi) is 7.27. The molecule has 0 aliphatic carbocycles. The monoisotopic (exact) mass is 578 g/mol. The van der Waals surface area contributed by atoms with Gasteiger partial charge < -0.3 is 14.0 Å². The van der Waals surface area contributed by atoms with Crippen LogP contribution in [-0.2, 0) is 36.7 Å². The zero-order valence-corrected chi connectivity index (χ0v) is 22.7. The first-order valence-corrected chi connectivity index (χ1v) is 14.6. The van der Waals surface area contributed by atoms with E-state index >= 15 is 0 Å². The number of nitrogens with zero attached hydrogens (tertiary/aromatic N) is 3. The maximum Gasteiger partial charge on any atom is 0.401 e. The third kappa shape index (κ3) is 6.49. The molecule has 0 radical (unpaired) electrons. The summed E-state index contributed by atoms with van der Waals surface area (Å²) < 4.78 is 72.5. The van der Waals surface area contributed by atoms with Crippen LogP contribution in [0.1, 0.15) is 22.6 Å².